The zero-order valence-corrected chi connectivity index (χ0v) is 12.0. The Kier molecular flexibility index (Phi) is 3.40. The molecule has 2 heteroatoms. The van der Waals surface area contributed by atoms with Gasteiger partial charge in [-0.25, -0.2) is 0 Å². The number of benzene rings is 1. The van der Waals surface area contributed by atoms with Gasteiger partial charge in [0, 0.05) is 6.04 Å². The van der Waals surface area contributed by atoms with Gasteiger partial charge < -0.3 is 10.4 Å². The van der Waals surface area contributed by atoms with Gasteiger partial charge in [0.2, 0.25) is 0 Å². The molecule has 2 aliphatic carbocycles. The average molecular weight is 259 g/mol. The summed E-state index contributed by atoms with van der Waals surface area (Å²) in [6.45, 7) is 5.76. The number of rotatable bonds is 3. The van der Waals surface area contributed by atoms with Crippen LogP contribution in [0.3, 0.4) is 0 Å². The highest BCUT2D eigenvalue weighted by Crippen LogP contribution is 2.41. The van der Waals surface area contributed by atoms with E-state index in [4.69, 9.17) is 0 Å². The van der Waals surface area contributed by atoms with Crippen molar-refractivity contribution in [1.82, 2.24) is 5.32 Å². The SMILES string of the molecule is CC1(C)CCC(NCC2CC(O)C2)c2ccccc21. The van der Waals surface area contributed by atoms with Gasteiger partial charge in [-0.3, -0.25) is 0 Å². The zero-order valence-electron chi connectivity index (χ0n) is 12.0. The average Bonchev–Trinajstić information content (AvgIpc) is 2.35. The van der Waals surface area contributed by atoms with Gasteiger partial charge in [-0.2, -0.15) is 0 Å². The van der Waals surface area contributed by atoms with E-state index in [9.17, 15) is 5.11 Å². The molecule has 1 atom stereocenters. The molecule has 19 heavy (non-hydrogen) atoms. The molecule has 0 saturated heterocycles. The minimum absolute atomic E-state index is 0.0376. The Morgan fingerprint density at radius 2 is 2.00 bits per heavy atom. The molecule has 104 valence electrons. The molecule has 2 N–H and O–H groups in total. The van der Waals surface area contributed by atoms with E-state index >= 15 is 0 Å². The van der Waals surface area contributed by atoms with Gasteiger partial charge >= 0.3 is 0 Å². The maximum atomic E-state index is 9.35. The number of fused-ring (bicyclic) bond motifs is 1. The smallest absolute Gasteiger partial charge is 0.0546 e. The van der Waals surface area contributed by atoms with Crippen molar-refractivity contribution in [3.05, 3.63) is 35.4 Å². The van der Waals surface area contributed by atoms with Crippen LogP contribution in [0.5, 0.6) is 0 Å². The van der Waals surface area contributed by atoms with Gasteiger partial charge in [0.05, 0.1) is 6.10 Å². The quantitative estimate of drug-likeness (QED) is 0.874. The second-order valence-corrected chi connectivity index (χ2v) is 6.96. The molecule has 0 aromatic heterocycles. The lowest BCUT2D eigenvalue weighted by molar-refractivity contribution is 0.0414. The highest BCUT2D eigenvalue weighted by Gasteiger charge is 2.33. The summed E-state index contributed by atoms with van der Waals surface area (Å²) in [6, 6.07) is 9.38. The van der Waals surface area contributed by atoms with Crippen molar-refractivity contribution in [2.45, 2.75) is 57.1 Å². The van der Waals surface area contributed by atoms with E-state index in [0.29, 0.717) is 17.4 Å². The predicted molar refractivity (Wildman–Crippen MR) is 78.2 cm³/mol. The van der Waals surface area contributed by atoms with Gasteiger partial charge in [-0.05, 0) is 54.7 Å². The lowest BCUT2D eigenvalue weighted by Crippen LogP contribution is -2.39. The second kappa shape index (κ2) is 4.92. The third-order valence-corrected chi connectivity index (χ3v) is 4.99. The first-order valence-electron chi connectivity index (χ1n) is 7.57. The number of aliphatic hydroxyl groups excluding tert-OH is 1. The first-order valence-corrected chi connectivity index (χ1v) is 7.57. The van der Waals surface area contributed by atoms with E-state index in [1.54, 1.807) is 0 Å². The van der Waals surface area contributed by atoms with Crippen molar-refractivity contribution in [2.24, 2.45) is 5.92 Å². The van der Waals surface area contributed by atoms with Crippen LogP contribution in [0.15, 0.2) is 24.3 Å². The molecule has 0 radical (unpaired) electrons. The molecule has 0 spiro atoms. The predicted octanol–water partition coefficient (Wildman–Crippen LogP) is 3.16. The Hall–Kier alpha value is -0.860. The summed E-state index contributed by atoms with van der Waals surface area (Å²) < 4.78 is 0. The van der Waals surface area contributed by atoms with Crippen molar-refractivity contribution in [1.29, 1.82) is 0 Å². The third kappa shape index (κ3) is 2.56. The molecule has 1 fully saturated rings. The van der Waals surface area contributed by atoms with E-state index in [1.807, 2.05) is 0 Å². The van der Waals surface area contributed by atoms with Crippen molar-refractivity contribution in [3.8, 4) is 0 Å². The normalized spacial score (nSPS) is 32.5. The molecule has 1 aromatic carbocycles. The summed E-state index contributed by atoms with van der Waals surface area (Å²) in [5.41, 5.74) is 3.30. The Labute approximate surface area is 116 Å². The van der Waals surface area contributed by atoms with Crippen molar-refractivity contribution in [2.75, 3.05) is 6.54 Å². The lowest BCUT2D eigenvalue weighted by atomic mass is 9.71. The van der Waals surface area contributed by atoms with E-state index < -0.39 is 0 Å². The Balaban J connectivity index is 1.70. The molecule has 3 rings (SSSR count). The van der Waals surface area contributed by atoms with Crippen molar-refractivity contribution in [3.63, 3.8) is 0 Å². The van der Waals surface area contributed by atoms with Gasteiger partial charge in [0.25, 0.3) is 0 Å². The monoisotopic (exact) mass is 259 g/mol. The van der Waals surface area contributed by atoms with Crippen LogP contribution in [0, 0.1) is 5.92 Å². The van der Waals surface area contributed by atoms with Gasteiger partial charge in [0.1, 0.15) is 0 Å². The maximum absolute atomic E-state index is 9.35. The third-order valence-electron chi connectivity index (χ3n) is 4.99. The molecule has 2 nitrogen and oxygen atoms in total. The molecule has 1 aromatic rings. The van der Waals surface area contributed by atoms with Crippen LogP contribution in [-0.4, -0.2) is 17.8 Å². The molecule has 0 heterocycles. The Morgan fingerprint density at radius 1 is 1.26 bits per heavy atom. The molecule has 2 aliphatic rings. The highest BCUT2D eigenvalue weighted by atomic mass is 16.3. The summed E-state index contributed by atoms with van der Waals surface area (Å²) in [6.07, 6.45) is 4.39. The largest absolute Gasteiger partial charge is 0.393 e. The van der Waals surface area contributed by atoms with Crippen molar-refractivity contribution < 1.29 is 5.11 Å². The Bertz CT molecular complexity index is 448. The summed E-state index contributed by atoms with van der Waals surface area (Å²) in [5.74, 6) is 0.678. The summed E-state index contributed by atoms with van der Waals surface area (Å²) in [4.78, 5) is 0. The van der Waals surface area contributed by atoms with Crippen LogP contribution in [0.4, 0.5) is 0 Å². The first kappa shape index (κ1) is 13.1. The molecule has 0 bridgehead atoms. The topological polar surface area (TPSA) is 32.3 Å². The lowest BCUT2D eigenvalue weighted by Gasteiger charge is -2.39. The van der Waals surface area contributed by atoms with Crippen molar-refractivity contribution >= 4 is 0 Å². The molecular weight excluding hydrogens is 234 g/mol. The molecule has 0 aliphatic heterocycles. The number of aliphatic hydroxyl groups is 1. The van der Waals surface area contributed by atoms with Gasteiger partial charge in [-0.1, -0.05) is 38.1 Å². The van der Waals surface area contributed by atoms with Gasteiger partial charge in [-0.15, -0.1) is 0 Å². The number of nitrogens with one attached hydrogen (secondary N) is 1. The van der Waals surface area contributed by atoms with E-state index in [0.717, 1.165) is 19.4 Å². The van der Waals surface area contributed by atoms with Gasteiger partial charge in [0.15, 0.2) is 0 Å². The van der Waals surface area contributed by atoms with E-state index in [2.05, 4.69) is 43.4 Å². The fraction of sp³-hybridized carbons (Fsp3) is 0.647. The molecular formula is C17H25NO. The van der Waals surface area contributed by atoms with E-state index in [1.165, 1.54) is 24.0 Å². The van der Waals surface area contributed by atoms with Crippen LogP contribution in [-0.2, 0) is 5.41 Å². The molecule has 1 unspecified atom stereocenters. The van der Waals surface area contributed by atoms with Crippen LogP contribution >= 0.6 is 0 Å². The van der Waals surface area contributed by atoms with Crippen LogP contribution in [0.25, 0.3) is 0 Å². The van der Waals surface area contributed by atoms with Crippen LogP contribution < -0.4 is 5.32 Å². The fourth-order valence-electron chi connectivity index (χ4n) is 3.60. The van der Waals surface area contributed by atoms with Crippen LogP contribution in [0.2, 0.25) is 0 Å². The Morgan fingerprint density at radius 3 is 2.74 bits per heavy atom. The summed E-state index contributed by atoms with van der Waals surface area (Å²) in [7, 11) is 0. The van der Waals surface area contributed by atoms with E-state index in [-0.39, 0.29) is 6.10 Å². The molecule has 0 amide bonds. The van der Waals surface area contributed by atoms with Crippen LogP contribution in [0.1, 0.15) is 56.7 Å². The highest BCUT2D eigenvalue weighted by molar-refractivity contribution is 5.38. The minimum Gasteiger partial charge on any atom is -0.393 e. The maximum Gasteiger partial charge on any atom is 0.0546 e. The summed E-state index contributed by atoms with van der Waals surface area (Å²) in [5, 5.41) is 13.1. The summed E-state index contributed by atoms with van der Waals surface area (Å²) >= 11 is 0. The first-order chi connectivity index (χ1) is 9.06. The zero-order chi connectivity index (χ0) is 13.5. The minimum atomic E-state index is -0.0376. The number of hydrogen-bond donors (Lipinski definition) is 2. The number of hydrogen-bond acceptors (Lipinski definition) is 2. The fourth-order valence-corrected chi connectivity index (χ4v) is 3.60. The molecule has 1 saturated carbocycles. The standard InChI is InChI=1S/C17H25NO/c1-17(2)8-7-16(14-5-3-4-6-15(14)17)18-11-12-9-13(19)10-12/h3-6,12-13,16,18-19H,7-11H2,1-2H3. The second-order valence-electron chi connectivity index (χ2n) is 6.96.